The molecule has 5 heteroatoms. The average Bonchev–Trinajstić information content (AvgIpc) is 2.65. The Morgan fingerprint density at radius 1 is 0.885 bits per heavy atom. The molecular formula is C21H19NO4. The van der Waals surface area contributed by atoms with Gasteiger partial charge in [-0.1, -0.05) is 29.8 Å². The maximum absolute atomic E-state index is 12.4. The maximum atomic E-state index is 12.4. The van der Waals surface area contributed by atoms with Crippen molar-refractivity contribution in [3.8, 4) is 0 Å². The van der Waals surface area contributed by atoms with Crippen LogP contribution in [-0.2, 0) is 9.47 Å². The van der Waals surface area contributed by atoms with Crippen molar-refractivity contribution < 1.29 is 19.1 Å². The molecule has 5 nitrogen and oxygen atoms in total. The van der Waals surface area contributed by atoms with Gasteiger partial charge in [-0.05, 0) is 44.2 Å². The molecule has 3 rings (SSSR count). The van der Waals surface area contributed by atoms with Gasteiger partial charge in [0.25, 0.3) is 0 Å². The lowest BCUT2D eigenvalue weighted by molar-refractivity contribution is 0.0267. The van der Waals surface area contributed by atoms with E-state index in [1.165, 1.54) is 0 Å². The van der Waals surface area contributed by atoms with Gasteiger partial charge in [0.1, 0.15) is 13.2 Å². The van der Waals surface area contributed by atoms with Crippen molar-refractivity contribution >= 4 is 22.8 Å². The monoisotopic (exact) mass is 349 g/mol. The summed E-state index contributed by atoms with van der Waals surface area (Å²) < 4.78 is 10.4. The van der Waals surface area contributed by atoms with Gasteiger partial charge in [-0.2, -0.15) is 0 Å². The summed E-state index contributed by atoms with van der Waals surface area (Å²) in [6.45, 7) is 3.78. The highest BCUT2D eigenvalue weighted by molar-refractivity contribution is 6.03. The van der Waals surface area contributed by atoms with E-state index >= 15 is 0 Å². The van der Waals surface area contributed by atoms with E-state index < -0.39 is 11.9 Å². The number of pyridine rings is 1. The quantitative estimate of drug-likeness (QED) is 0.517. The van der Waals surface area contributed by atoms with Crippen molar-refractivity contribution in [2.45, 2.75) is 13.8 Å². The molecule has 0 fully saturated rings. The second kappa shape index (κ2) is 7.78. The summed E-state index contributed by atoms with van der Waals surface area (Å²) >= 11 is 0. The van der Waals surface area contributed by atoms with Crippen LogP contribution in [0, 0.1) is 13.8 Å². The number of aromatic nitrogens is 1. The molecule has 2 aromatic carbocycles. The zero-order valence-electron chi connectivity index (χ0n) is 14.7. The van der Waals surface area contributed by atoms with E-state index in [1.807, 2.05) is 38.1 Å². The Morgan fingerprint density at radius 2 is 1.58 bits per heavy atom. The fourth-order valence-electron chi connectivity index (χ4n) is 2.64. The smallest absolute Gasteiger partial charge is 0.339 e. The Morgan fingerprint density at radius 3 is 2.31 bits per heavy atom. The molecule has 1 aromatic heterocycles. The lowest BCUT2D eigenvalue weighted by Gasteiger charge is -2.10. The van der Waals surface area contributed by atoms with E-state index in [0.717, 1.165) is 22.2 Å². The molecule has 0 radical (unpaired) electrons. The number of esters is 2. The molecule has 0 bridgehead atoms. The number of aryl methyl sites for hydroxylation is 2. The topological polar surface area (TPSA) is 65.5 Å². The molecule has 0 saturated carbocycles. The first-order chi connectivity index (χ1) is 12.5. The number of nitrogens with zero attached hydrogens (tertiary/aromatic N) is 1. The van der Waals surface area contributed by atoms with Gasteiger partial charge in [-0.15, -0.1) is 0 Å². The van der Waals surface area contributed by atoms with Crippen LogP contribution in [0.1, 0.15) is 32.0 Å². The number of hydrogen-bond donors (Lipinski definition) is 0. The Bertz CT molecular complexity index is 951. The van der Waals surface area contributed by atoms with Crippen LogP contribution in [0.25, 0.3) is 10.9 Å². The maximum Gasteiger partial charge on any atom is 0.339 e. The third-order valence-electron chi connectivity index (χ3n) is 3.87. The van der Waals surface area contributed by atoms with Crippen LogP contribution in [0.4, 0.5) is 0 Å². The number of carbonyl (C=O) groups is 2. The van der Waals surface area contributed by atoms with Crippen LogP contribution in [0.2, 0.25) is 0 Å². The lowest BCUT2D eigenvalue weighted by atomic mass is 10.1. The van der Waals surface area contributed by atoms with Crippen LogP contribution >= 0.6 is 0 Å². The molecule has 0 aliphatic rings. The lowest BCUT2D eigenvalue weighted by Crippen LogP contribution is -2.14. The molecule has 0 saturated heterocycles. The van der Waals surface area contributed by atoms with Gasteiger partial charge < -0.3 is 9.47 Å². The molecule has 0 aliphatic carbocycles. The first kappa shape index (κ1) is 17.6. The van der Waals surface area contributed by atoms with Gasteiger partial charge in [0.15, 0.2) is 0 Å². The minimum atomic E-state index is -0.457. The predicted octanol–water partition coefficient (Wildman–Crippen LogP) is 3.87. The standard InChI is InChI=1S/C21H19NO4/c1-14-8-9-19-17(12-14)18(13-15(2)22-19)21(24)26-11-10-25-20(23)16-6-4-3-5-7-16/h3-9,12-13H,10-11H2,1-2H3. The number of fused-ring (bicyclic) bond motifs is 1. The van der Waals surface area contributed by atoms with Crippen LogP contribution in [-0.4, -0.2) is 30.1 Å². The fraction of sp³-hybridized carbons (Fsp3) is 0.190. The Hall–Kier alpha value is -3.21. The largest absolute Gasteiger partial charge is 0.458 e. The summed E-state index contributed by atoms with van der Waals surface area (Å²) in [6.07, 6.45) is 0. The summed E-state index contributed by atoms with van der Waals surface area (Å²) in [5.41, 5.74) is 3.45. The molecule has 0 amide bonds. The normalized spacial score (nSPS) is 10.5. The van der Waals surface area contributed by atoms with E-state index in [2.05, 4.69) is 4.98 Å². The van der Waals surface area contributed by atoms with Crippen molar-refractivity contribution in [1.29, 1.82) is 0 Å². The van der Waals surface area contributed by atoms with E-state index in [4.69, 9.17) is 9.47 Å². The van der Waals surface area contributed by atoms with Gasteiger partial charge in [-0.25, -0.2) is 9.59 Å². The highest BCUT2D eigenvalue weighted by atomic mass is 16.6. The summed E-state index contributed by atoms with van der Waals surface area (Å²) in [6, 6.07) is 16.1. The van der Waals surface area contributed by atoms with Crippen LogP contribution < -0.4 is 0 Å². The van der Waals surface area contributed by atoms with Crippen molar-refractivity contribution in [1.82, 2.24) is 4.98 Å². The highest BCUT2D eigenvalue weighted by Crippen LogP contribution is 2.20. The molecule has 3 aromatic rings. The van der Waals surface area contributed by atoms with Crippen molar-refractivity contribution in [2.24, 2.45) is 0 Å². The van der Waals surface area contributed by atoms with Gasteiger partial charge in [0.05, 0.1) is 16.6 Å². The summed E-state index contributed by atoms with van der Waals surface area (Å²) in [7, 11) is 0. The van der Waals surface area contributed by atoms with Crippen molar-refractivity contribution in [3.05, 3.63) is 77.0 Å². The highest BCUT2D eigenvalue weighted by Gasteiger charge is 2.14. The Balaban J connectivity index is 1.63. The Kier molecular flexibility index (Phi) is 5.27. The van der Waals surface area contributed by atoms with Crippen LogP contribution in [0.3, 0.4) is 0 Å². The second-order valence-corrected chi connectivity index (χ2v) is 5.97. The third-order valence-corrected chi connectivity index (χ3v) is 3.87. The molecule has 0 aliphatic heterocycles. The molecule has 26 heavy (non-hydrogen) atoms. The summed E-state index contributed by atoms with van der Waals surface area (Å²) in [5, 5.41) is 0.752. The van der Waals surface area contributed by atoms with Gasteiger partial charge in [-0.3, -0.25) is 4.98 Å². The van der Waals surface area contributed by atoms with Crippen molar-refractivity contribution in [2.75, 3.05) is 13.2 Å². The molecule has 0 atom stereocenters. The third kappa shape index (κ3) is 4.06. The minimum Gasteiger partial charge on any atom is -0.458 e. The zero-order valence-corrected chi connectivity index (χ0v) is 14.7. The number of rotatable bonds is 5. The molecule has 0 unspecified atom stereocenters. The zero-order chi connectivity index (χ0) is 18.5. The molecular weight excluding hydrogens is 330 g/mol. The SMILES string of the molecule is Cc1ccc2nc(C)cc(C(=O)OCCOC(=O)c3ccccc3)c2c1. The number of benzene rings is 2. The fourth-order valence-corrected chi connectivity index (χ4v) is 2.64. The summed E-state index contributed by atoms with van der Waals surface area (Å²) in [5.74, 6) is -0.899. The van der Waals surface area contributed by atoms with Crippen molar-refractivity contribution in [3.63, 3.8) is 0 Å². The van der Waals surface area contributed by atoms with Gasteiger partial charge >= 0.3 is 11.9 Å². The average molecular weight is 349 g/mol. The molecule has 132 valence electrons. The van der Waals surface area contributed by atoms with E-state index in [-0.39, 0.29) is 13.2 Å². The first-order valence-electron chi connectivity index (χ1n) is 8.32. The van der Waals surface area contributed by atoms with E-state index in [0.29, 0.717) is 11.1 Å². The van der Waals surface area contributed by atoms with E-state index in [9.17, 15) is 9.59 Å². The second-order valence-electron chi connectivity index (χ2n) is 5.97. The number of ether oxygens (including phenoxy) is 2. The Labute approximate surface area is 151 Å². The summed E-state index contributed by atoms with van der Waals surface area (Å²) in [4.78, 5) is 28.7. The predicted molar refractivity (Wildman–Crippen MR) is 98.2 cm³/mol. The molecule has 0 spiro atoms. The minimum absolute atomic E-state index is 0.000490. The first-order valence-corrected chi connectivity index (χ1v) is 8.32. The number of carbonyl (C=O) groups excluding carboxylic acids is 2. The molecule has 1 heterocycles. The van der Waals surface area contributed by atoms with Gasteiger partial charge in [0.2, 0.25) is 0 Å². The van der Waals surface area contributed by atoms with E-state index in [1.54, 1.807) is 30.3 Å². The number of hydrogen-bond acceptors (Lipinski definition) is 5. The van der Waals surface area contributed by atoms with Crippen LogP contribution in [0.15, 0.2) is 54.6 Å². The van der Waals surface area contributed by atoms with Crippen LogP contribution in [0.5, 0.6) is 0 Å². The van der Waals surface area contributed by atoms with Gasteiger partial charge in [0, 0.05) is 11.1 Å². The molecule has 0 N–H and O–H groups in total.